The zero-order valence-electron chi connectivity index (χ0n) is 13.9. The number of carbonyl (C=O) groups excluding carboxylic acids is 2. The molecule has 0 bridgehead atoms. The molecule has 1 amide bonds. The number of esters is 1. The highest BCUT2D eigenvalue weighted by Gasteiger charge is 2.08. The van der Waals surface area contributed by atoms with E-state index >= 15 is 0 Å². The van der Waals surface area contributed by atoms with E-state index in [4.69, 9.17) is 14.2 Å². The first kappa shape index (κ1) is 18.5. The van der Waals surface area contributed by atoms with Crippen molar-refractivity contribution in [1.29, 1.82) is 0 Å². The number of methoxy groups -OCH3 is 2. The van der Waals surface area contributed by atoms with Gasteiger partial charge in [0, 0.05) is 17.7 Å². The topological polar surface area (TPSA) is 73.9 Å². The van der Waals surface area contributed by atoms with Crippen LogP contribution in [0.25, 0.3) is 6.08 Å². The second-order valence-electron chi connectivity index (χ2n) is 4.93. The Bertz CT molecular complexity index is 568. The lowest BCUT2D eigenvalue weighted by atomic mass is 10.1. The Labute approximate surface area is 136 Å². The van der Waals surface area contributed by atoms with Gasteiger partial charge in [-0.1, -0.05) is 6.92 Å². The molecule has 6 nitrogen and oxygen atoms in total. The maximum atomic E-state index is 11.7. The lowest BCUT2D eigenvalue weighted by Gasteiger charge is -2.10. The minimum absolute atomic E-state index is 0.0535. The highest BCUT2D eigenvalue weighted by Crippen LogP contribution is 2.25. The van der Waals surface area contributed by atoms with E-state index in [1.165, 1.54) is 13.2 Å². The Balaban J connectivity index is 2.60. The van der Waals surface area contributed by atoms with Gasteiger partial charge >= 0.3 is 5.97 Å². The van der Waals surface area contributed by atoms with Crippen LogP contribution in [-0.2, 0) is 14.3 Å². The van der Waals surface area contributed by atoms with Gasteiger partial charge in [0.05, 0.1) is 14.2 Å². The summed E-state index contributed by atoms with van der Waals surface area (Å²) in [6.07, 6.45) is 3.61. The highest BCUT2D eigenvalue weighted by atomic mass is 16.5. The molecule has 0 aliphatic carbocycles. The largest absolute Gasteiger partial charge is 0.497 e. The van der Waals surface area contributed by atoms with Crippen molar-refractivity contribution < 1.29 is 23.8 Å². The van der Waals surface area contributed by atoms with Gasteiger partial charge in [0.25, 0.3) is 5.91 Å². The van der Waals surface area contributed by atoms with Crippen molar-refractivity contribution in [1.82, 2.24) is 5.32 Å². The Morgan fingerprint density at radius 3 is 2.61 bits per heavy atom. The number of hydrogen-bond donors (Lipinski definition) is 1. The predicted octanol–water partition coefficient (Wildman–Crippen LogP) is 2.17. The molecule has 0 fully saturated rings. The number of rotatable bonds is 8. The SMILES string of the molecule is CC[C@@H](C)NC(=O)COC(=O)/C=C/c1cc(OC)ccc1OC. The third kappa shape index (κ3) is 6.42. The molecule has 126 valence electrons. The third-order valence-corrected chi connectivity index (χ3v) is 3.20. The lowest BCUT2D eigenvalue weighted by Crippen LogP contribution is -2.35. The van der Waals surface area contributed by atoms with Crippen LogP contribution in [0, 0.1) is 0 Å². The summed E-state index contributed by atoms with van der Waals surface area (Å²) < 4.78 is 15.2. The molecule has 0 unspecified atom stereocenters. The minimum Gasteiger partial charge on any atom is -0.497 e. The van der Waals surface area contributed by atoms with E-state index in [9.17, 15) is 9.59 Å². The fourth-order valence-corrected chi connectivity index (χ4v) is 1.73. The molecule has 0 aliphatic heterocycles. The molecule has 1 N–H and O–H groups in total. The van der Waals surface area contributed by atoms with E-state index in [1.54, 1.807) is 31.4 Å². The normalized spacial score (nSPS) is 11.8. The van der Waals surface area contributed by atoms with E-state index in [0.29, 0.717) is 17.1 Å². The molecule has 0 saturated heterocycles. The quantitative estimate of drug-likeness (QED) is 0.587. The Kier molecular flexibility index (Phi) is 7.66. The number of benzene rings is 1. The van der Waals surface area contributed by atoms with Crippen molar-refractivity contribution >= 4 is 18.0 Å². The van der Waals surface area contributed by atoms with Gasteiger partial charge in [0.2, 0.25) is 0 Å². The fourth-order valence-electron chi connectivity index (χ4n) is 1.73. The molecule has 0 spiro atoms. The molecule has 0 heterocycles. The molecular formula is C17H23NO5. The van der Waals surface area contributed by atoms with Gasteiger partial charge in [-0.25, -0.2) is 4.79 Å². The van der Waals surface area contributed by atoms with Gasteiger partial charge in [-0.3, -0.25) is 4.79 Å². The summed E-state index contributed by atoms with van der Waals surface area (Å²) >= 11 is 0. The van der Waals surface area contributed by atoms with Crippen LogP contribution in [0.2, 0.25) is 0 Å². The van der Waals surface area contributed by atoms with Crippen molar-refractivity contribution in [2.75, 3.05) is 20.8 Å². The number of ether oxygens (including phenoxy) is 3. The van der Waals surface area contributed by atoms with Gasteiger partial charge < -0.3 is 19.5 Å². The maximum Gasteiger partial charge on any atom is 0.331 e. The van der Waals surface area contributed by atoms with Crippen molar-refractivity contribution in [2.24, 2.45) is 0 Å². The molecule has 23 heavy (non-hydrogen) atoms. The van der Waals surface area contributed by atoms with Crippen molar-refractivity contribution in [3.8, 4) is 11.5 Å². The van der Waals surface area contributed by atoms with Gasteiger partial charge in [0.1, 0.15) is 11.5 Å². The molecule has 1 aromatic rings. The summed E-state index contributed by atoms with van der Waals surface area (Å²) in [5, 5.41) is 2.72. The van der Waals surface area contributed by atoms with Crippen molar-refractivity contribution in [2.45, 2.75) is 26.3 Å². The van der Waals surface area contributed by atoms with Gasteiger partial charge in [0.15, 0.2) is 6.61 Å². The first-order valence-electron chi connectivity index (χ1n) is 7.36. The average molecular weight is 321 g/mol. The Morgan fingerprint density at radius 2 is 2.00 bits per heavy atom. The molecule has 1 aromatic carbocycles. The summed E-state index contributed by atoms with van der Waals surface area (Å²) in [4.78, 5) is 23.2. The van der Waals surface area contributed by atoms with Crippen LogP contribution < -0.4 is 14.8 Å². The second-order valence-corrected chi connectivity index (χ2v) is 4.93. The van der Waals surface area contributed by atoms with E-state index in [0.717, 1.165) is 6.42 Å². The third-order valence-electron chi connectivity index (χ3n) is 3.20. The van der Waals surface area contributed by atoms with E-state index in [1.807, 2.05) is 13.8 Å². The summed E-state index contributed by atoms with van der Waals surface area (Å²) in [6.45, 7) is 3.54. The van der Waals surface area contributed by atoms with E-state index in [2.05, 4.69) is 5.32 Å². The highest BCUT2D eigenvalue weighted by molar-refractivity contribution is 5.89. The maximum absolute atomic E-state index is 11.7. The lowest BCUT2D eigenvalue weighted by molar-refractivity contribution is -0.144. The monoisotopic (exact) mass is 321 g/mol. The fraction of sp³-hybridized carbons (Fsp3) is 0.412. The van der Waals surface area contributed by atoms with Crippen LogP contribution in [0.3, 0.4) is 0 Å². The standard InChI is InChI=1S/C17H23NO5/c1-5-12(2)18-16(19)11-23-17(20)9-6-13-10-14(21-3)7-8-15(13)22-4/h6-10,12H,5,11H2,1-4H3,(H,18,19)/b9-6+/t12-/m1/s1. The Hall–Kier alpha value is -2.50. The second kappa shape index (κ2) is 9.50. The molecule has 1 atom stereocenters. The van der Waals surface area contributed by atoms with Gasteiger partial charge in [-0.05, 0) is 37.6 Å². The molecule has 0 radical (unpaired) electrons. The average Bonchev–Trinajstić information content (AvgIpc) is 2.57. The van der Waals surface area contributed by atoms with Crippen molar-refractivity contribution in [3.05, 3.63) is 29.8 Å². The van der Waals surface area contributed by atoms with E-state index in [-0.39, 0.29) is 18.6 Å². The number of hydrogen-bond acceptors (Lipinski definition) is 5. The van der Waals surface area contributed by atoms with Crippen LogP contribution in [0.4, 0.5) is 0 Å². The van der Waals surface area contributed by atoms with Gasteiger partial charge in [-0.15, -0.1) is 0 Å². The number of carbonyl (C=O) groups is 2. The van der Waals surface area contributed by atoms with Crippen LogP contribution in [0.1, 0.15) is 25.8 Å². The molecular weight excluding hydrogens is 298 g/mol. The minimum atomic E-state index is -0.603. The zero-order valence-corrected chi connectivity index (χ0v) is 13.9. The number of nitrogens with one attached hydrogen (secondary N) is 1. The first-order chi connectivity index (χ1) is 11.0. The molecule has 6 heteroatoms. The Morgan fingerprint density at radius 1 is 1.26 bits per heavy atom. The van der Waals surface area contributed by atoms with Crippen LogP contribution in [-0.4, -0.2) is 38.7 Å². The number of amides is 1. The summed E-state index contributed by atoms with van der Waals surface area (Å²) in [7, 11) is 3.09. The predicted molar refractivity (Wildman–Crippen MR) is 87.4 cm³/mol. The zero-order chi connectivity index (χ0) is 17.2. The summed E-state index contributed by atoms with van der Waals surface area (Å²) in [5.41, 5.74) is 0.674. The van der Waals surface area contributed by atoms with Crippen molar-refractivity contribution in [3.63, 3.8) is 0 Å². The smallest absolute Gasteiger partial charge is 0.331 e. The summed E-state index contributed by atoms with van der Waals surface area (Å²) in [6, 6.07) is 5.29. The molecule has 0 aromatic heterocycles. The molecule has 0 saturated carbocycles. The molecule has 0 aliphatic rings. The van der Waals surface area contributed by atoms with Crippen LogP contribution >= 0.6 is 0 Å². The van der Waals surface area contributed by atoms with E-state index < -0.39 is 5.97 Å². The summed E-state index contributed by atoms with van der Waals surface area (Å²) in [5.74, 6) is 0.324. The van der Waals surface area contributed by atoms with Crippen LogP contribution in [0.15, 0.2) is 24.3 Å². The van der Waals surface area contributed by atoms with Gasteiger partial charge in [-0.2, -0.15) is 0 Å². The molecule has 1 rings (SSSR count). The van der Waals surface area contributed by atoms with Crippen LogP contribution in [0.5, 0.6) is 11.5 Å². The first-order valence-corrected chi connectivity index (χ1v) is 7.36.